The van der Waals surface area contributed by atoms with Crippen LogP contribution in [0.4, 0.5) is 5.69 Å². The molecule has 0 saturated carbocycles. The highest BCUT2D eigenvalue weighted by atomic mass is 16.5. The third kappa shape index (κ3) is 3.29. The fourth-order valence-corrected chi connectivity index (χ4v) is 2.17. The van der Waals surface area contributed by atoms with Crippen LogP contribution in [-0.2, 0) is 17.8 Å². The Morgan fingerprint density at radius 2 is 2.47 bits per heavy atom. The number of hydrogen-bond acceptors (Lipinski definition) is 5. The van der Waals surface area contributed by atoms with Crippen molar-refractivity contribution in [3.63, 3.8) is 0 Å². The highest BCUT2D eigenvalue weighted by Crippen LogP contribution is 2.15. The van der Waals surface area contributed by atoms with Crippen molar-refractivity contribution in [2.75, 3.05) is 11.9 Å². The molecule has 2 aromatic rings. The summed E-state index contributed by atoms with van der Waals surface area (Å²) in [5.74, 6) is 0. The smallest absolute Gasteiger partial charge is 0.115 e. The number of anilines is 1. The number of rotatable bonds is 5. The van der Waals surface area contributed by atoms with Gasteiger partial charge in [0.15, 0.2) is 0 Å². The minimum Gasteiger partial charge on any atom is -0.377 e. The van der Waals surface area contributed by atoms with Gasteiger partial charge in [0, 0.05) is 19.0 Å². The Morgan fingerprint density at radius 3 is 3.26 bits per heavy atom. The maximum Gasteiger partial charge on any atom is 0.115 e. The van der Waals surface area contributed by atoms with Gasteiger partial charge in [-0.05, 0) is 18.9 Å². The Morgan fingerprint density at radius 1 is 1.47 bits per heavy atom. The average Bonchev–Trinajstić information content (AvgIpc) is 3.10. The second kappa shape index (κ2) is 5.79. The summed E-state index contributed by atoms with van der Waals surface area (Å²) < 4.78 is 7.53. The van der Waals surface area contributed by atoms with Gasteiger partial charge in [0.2, 0.25) is 0 Å². The van der Waals surface area contributed by atoms with E-state index in [1.165, 1.54) is 0 Å². The van der Waals surface area contributed by atoms with E-state index in [2.05, 4.69) is 20.4 Å². The third-order valence-corrected chi connectivity index (χ3v) is 3.16. The van der Waals surface area contributed by atoms with Crippen LogP contribution in [0.1, 0.15) is 18.5 Å². The predicted molar refractivity (Wildman–Crippen MR) is 70.6 cm³/mol. The van der Waals surface area contributed by atoms with Gasteiger partial charge < -0.3 is 10.1 Å². The van der Waals surface area contributed by atoms with Crippen molar-refractivity contribution in [2.45, 2.75) is 32.0 Å². The molecule has 1 fully saturated rings. The van der Waals surface area contributed by atoms with Gasteiger partial charge in [0.1, 0.15) is 6.33 Å². The summed E-state index contributed by atoms with van der Waals surface area (Å²) in [5, 5.41) is 7.63. The normalized spacial score (nSPS) is 18.6. The fourth-order valence-electron chi connectivity index (χ4n) is 2.17. The van der Waals surface area contributed by atoms with Crippen molar-refractivity contribution >= 4 is 5.69 Å². The molecule has 0 spiro atoms. The molecule has 6 nitrogen and oxygen atoms in total. The second-order valence-corrected chi connectivity index (χ2v) is 4.64. The minimum atomic E-state index is 0.314. The maximum absolute atomic E-state index is 5.60. The Balaban J connectivity index is 1.53. The third-order valence-electron chi connectivity index (χ3n) is 3.16. The summed E-state index contributed by atoms with van der Waals surface area (Å²) in [4.78, 5) is 8.06. The molecule has 2 aromatic heterocycles. The molecule has 3 rings (SSSR count). The van der Waals surface area contributed by atoms with Crippen LogP contribution >= 0.6 is 0 Å². The summed E-state index contributed by atoms with van der Waals surface area (Å²) in [5.41, 5.74) is 1.96. The zero-order valence-corrected chi connectivity index (χ0v) is 10.7. The van der Waals surface area contributed by atoms with E-state index in [9.17, 15) is 0 Å². The zero-order chi connectivity index (χ0) is 12.9. The Labute approximate surface area is 111 Å². The SMILES string of the molecule is c1cc(CNc2cnn(CC3CCCO3)c2)ncn1. The van der Waals surface area contributed by atoms with Crippen LogP contribution < -0.4 is 5.32 Å². The number of nitrogens with one attached hydrogen (secondary N) is 1. The highest BCUT2D eigenvalue weighted by Gasteiger charge is 2.16. The predicted octanol–water partition coefficient (Wildman–Crippen LogP) is 1.46. The molecule has 0 amide bonds. The van der Waals surface area contributed by atoms with Crippen molar-refractivity contribution < 1.29 is 4.74 Å². The van der Waals surface area contributed by atoms with E-state index in [0.717, 1.165) is 37.4 Å². The standard InChI is InChI=1S/C13H17N5O/c1-2-13(19-5-1)9-18-8-12(7-17-18)15-6-11-3-4-14-10-16-11/h3-4,7-8,10,13,15H,1-2,5-6,9H2. The lowest BCUT2D eigenvalue weighted by Crippen LogP contribution is -2.15. The lowest BCUT2D eigenvalue weighted by atomic mass is 10.2. The first-order valence-corrected chi connectivity index (χ1v) is 6.53. The molecule has 3 heterocycles. The summed E-state index contributed by atoms with van der Waals surface area (Å²) >= 11 is 0. The Bertz CT molecular complexity index is 507. The van der Waals surface area contributed by atoms with E-state index in [-0.39, 0.29) is 0 Å². The first-order chi connectivity index (χ1) is 9.40. The van der Waals surface area contributed by atoms with E-state index >= 15 is 0 Å². The van der Waals surface area contributed by atoms with Crippen LogP contribution in [0.3, 0.4) is 0 Å². The molecule has 0 radical (unpaired) electrons. The first kappa shape index (κ1) is 12.1. The molecule has 1 N–H and O–H groups in total. The zero-order valence-electron chi connectivity index (χ0n) is 10.7. The topological polar surface area (TPSA) is 64.9 Å². The van der Waals surface area contributed by atoms with Crippen molar-refractivity contribution in [3.8, 4) is 0 Å². The summed E-state index contributed by atoms with van der Waals surface area (Å²) in [6.07, 6.45) is 9.73. The Kier molecular flexibility index (Phi) is 3.69. The first-order valence-electron chi connectivity index (χ1n) is 6.53. The summed E-state index contributed by atoms with van der Waals surface area (Å²) in [6, 6.07) is 1.89. The second-order valence-electron chi connectivity index (χ2n) is 4.64. The van der Waals surface area contributed by atoms with E-state index in [1.807, 2.05) is 23.1 Å². The van der Waals surface area contributed by atoms with Gasteiger partial charge in [-0.15, -0.1) is 0 Å². The molecule has 19 heavy (non-hydrogen) atoms. The van der Waals surface area contributed by atoms with E-state index in [0.29, 0.717) is 12.6 Å². The molecule has 1 unspecified atom stereocenters. The van der Waals surface area contributed by atoms with Gasteiger partial charge in [-0.25, -0.2) is 9.97 Å². The molecule has 0 bridgehead atoms. The van der Waals surface area contributed by atoms with Gasteiger partial charge in [-0.1, -0.05) is 0 Å². The van der Waals surface area contributed by atoms with Crippen LogP contribution in [0.15, 0.2) is 31.0 Å². The average molecular weight is 259 g/mol. The summed E-state index contributed by atoms with van der Waals surface area (Å²) in [6.45, 7) is 2.38. The van der Waals surface area contributed by atoms with Crippen LogP contribution in [0.5, 0.6) is 0 Å². The van der Waals surface area contributed by atoms with Crippen molar-refractivity contribution in [3.05, 3.63) is 36.7 Å². The lowest BCUT2D eigenvalue weighted by Gasteiger charge is -2.08. The quantitative estimate of drug-likeness (QED) is 0.880. The lowest BCUT2D eigenvalue weighted by molar-refractivity contribution is 0.0940. The maximum atomic E-state index is 5.60. The molecule has 6 heteroatoms. The molecular weight excluding hydrogens is 242 g/mol. The highest BCUT2D eigenvalue weighted by molar-refractivity contribution is 5.38. The van der Waals surface area contributed by atoms with Crippen molar-refractivity contribution in [1.82, 2.24) is 19.7 Å². The van der Waals surface area contributed by atoms with Gasteiger partial charge >= 0.3 is 0 Å². The van der Waals surface area contributed by atoms with Crippen LogP contribution in [0.2, 0.25) is 0 Å². The van der Waals surface area contributed by atoms with Gasteiger partial charge in [-0.3, -0.25) is 4.68 Å². The molecule has 100 valence electrons. The molecule has 1 saturated heterocycles. The fraction of sp³-hybridized carbons (Fsp3) is 0.462. The molecule has 1 aliphatic rings. The van der Waals surface area contributed by atoms with Gasteiger partial charge in [0.05, 0.1) is 36.8 Å². The van der Waals surface area contributed by atoms with Crippen LogP contribution in [-0.4, -0.2) is 32.5 Å². The molecule has 0 aliphatic carbocycles. The number of nitrogens with zero attached hydrogens (tertiary/aromatic N) is 4. The van der Waals surface area contributed by atoms with Gasteiger partial charge in [0.25, 0.3) is 0 Å². The molecular formula is C13H17N5O. The van der Waals surface area contributed by atoms with Crippen LogP contribution in [0, 0.1) is 0 Å². The van der Waals surface area contributed by atoms with E-state index in [1.54, 1.807) is 12.5 Å². The van der Waals surface area contributed by atoms with E-state index < -0.39 is 0 Å². The molecule has 0 aromatic carbocycles. The molecule has 1 aliphatic heterocycles. The summed E-state index contributed by atoms with van der Waals surface area (Å²) in [7, 11) is 0. The van der Waals surface area contributed by atoms with Crippen molar-refractivity contribution in [1.29, 1.82) is 0 Å². The monoisotopic (exact) mass is 259 g/mol. The number of ether oxygens (including phenoxy) is 1. The number of aromatic nitrogens is 4. The Hall–Kier alpha value is -1.95. The van der Waals surface area contributed by atoms with Gasteiger partial charge in [-0.2, -0.15) is 5.10 Å². The van der Waals surface area contributed by atoms with Crippen LogP contribution in [0.25, 0.3) is 0 Å². The number of hydrogen-bond donors (Lipinski definition) is 1. The molecule has 1 atom stereocenters. The minimum absolute atomic E-state index is 0.314. The van der Waals surface area contributed by atoms with Crippen molar-refractivity contribution in [2.24, 2.45) is 0 Å². The largest absolute Gasteiger partial charge is 0.377 e. The van der Waals surface area contributed by atoms with E-state index in [4.69, 9.17) is 4.74 Å².